The number of aliphatic hydroxyl groups excluding tert-OH is 1. The van der Waals surface area contributed by atoms with Crippen LogP contribution in [0, 0.1) is 0 Å². The van der Waals surface area contributed by atoms with Crippen molar-refractivity contribution in [2.45, 2.75) is 5.62 Å². The van der Waals surface area contributed by atoms with Gasteiger partial charge in [-0.15, -0.1) is 0 Å². The zero-order chi connectivity index (χ0) is 5.86. The SMILES string of the molecule is COC(O)[SH](=O)=O. The lowest BCUT2D eigenvalue weighted by molar-refractivity contribution is -0.00634. The third-order valence-electron chi connectivity index (χ3n) is 0.391. The Kier molecular flexibility index (Phi) is 2.89. The van der Waals surface area contributed by atoms with Crippen LogP contribution in [0.25, 0.3) is 0 Å². The van der Waals surface area contributed by atoms with Gasteiger partial charge in [0, 0.05) is 7.11 Å². The van der Waals surface area contributed by atoms with Crippen LogP contribution in [0.4, 0.5) is 0 Å². The topological polar surface area (TPSA) is 63.6 Å². The molecule has 0 aromatic heterocycles. The van der Waals surface area contributed by atoms with Crippen LogP contribution in [0.3, 0.4) is 0 Å². The van der Waals surface area contributed by atoms with Crippen molar-refractivity contribution in [2.24, 2.45) is 0 Å². The van der Waals surface area contributed by atoms with Crippen LogP contribution in [0.2, 0.25) is 0 Å². The van der Waals surface area contributed by atoms with E-state index in [1.807, 2.05) is 0 Å². The Bertz CT molecular complexity index is 98.3. The summed E-state index contributed by atoms with van der Waals surface area (Å²) in [6.45, 7) is 0. The highest BCUT2D eigenvalue weighted by atomic mass is 32.2. The zero-order valence-corrected chi connectivity index (χ0v) is 4.59. The molecule has 0 aromatic rings. The van der Waals surface area contributed by atoms with Gasteiger partial charge >= 0.3 is 0 Å². The molecule has 44 valence electrons. The predicted molar refractivity (Wildman–Crippen MR) is 23.3 cm³/mol. The molecule has 0 saturated carbocycles. The number of hydrogen-bond acceptors (Lipinski definition) is 4. The molecule has 0 saturated heterocycles. The van der Waals surface area contributed by atoms with E-state index in [1.54, 1.807) is 0 Å². The van der Waals surface area contributed by atoms with Gasteiger partial charge in [-0.3, -0.25) is 0 Å². The average molecular weight is 126 g/mol. The molecule has 7 heavy (non-hydrogen) atoms. The highest BCUT2D eigenvalue weighted by molar-refractivity contribution is 7.72. The number of methoxy groups -OCH3 is 1. The molecule has 0 radical (unpaired) electrons. The number of ether oxygens (including phenoxy) is 1. The maximum Gasteiger partial charge on any atom is 0.257 e. The summed E-state index contributed by atoms with van der Waals surface area (Å²) >= 11 is 0. The Labute approximate surface area is 42.7 Å². The van der Waals surface area contributed by atoms with E-state index in [4.69, 9.17) is 5.11 Å². The highest BCUT2D eigenvalue weighted by Gasteiger charge is 1.99. The van der Waals surface area contributed by atoms with E-state index in [9.17, 15) is 8.42 Å². The van der Waals surface area contributed by atoms with E-state index >= 15 is 0 Å². The van der Waals surface area contributed by atoms with Crippen molar-refractivity contribution < 1.29 is 18.3 Å². The van der Waals surface area contributed by atoms with Crippen molar-refractivity contribution in [3.8, 4) is 0 Å². The van der Waals surface area contributed by atoms with E-state index in [0.29, 0.717) is 0 Å². The lowest BCUT2D eigenvalue weighted by Gasteiger charge is -1.94. The molecule has 0 aliphatic rings. The van der Waals surface area contributed by atoms with E-state index < -0.39 is 16.3 Å². The average Bonchev–Trinajstić information content (AvgIpc) is 1.65. The largest absolute Gasteiger partial charge is 0.356 e. The fourth-order valence-electron chi connectivity index (χ4n) is 0.0861. The number of aliphatic hydroxyl groups is 1. The molecular weight excluding hydrogens is 120 g/mol. The van der Waals surface area contributed by atoms with Crippen molar-refractivity contribution in [2.75, 3.05) is 7.11 Å². The van der Waals surface area contributed by atoms with Gasteiger partial charge in [0.25, 0.3) is 5.62 Å². The summed E-state index contributed by atoms with van der Waals surface area (Å²) < 4.78 is 23.2. The number of rotatable bonds is 2. The highest BCUT2D eigenvalue weighted by Crippen LogP contribution is 1.78. The van der Waals surface area contributed by atoms with Crippen LogP contribution < -0.4 is 0 Å². The van der Waals surface area contributed by atoms with E-state index in [0.717, 1.165) is 7.11 Å². The third-order valence-corrected chi connectivity index (χ3v) is 0.963. The van der Waals surface area contributed by atoms with Gasteiger partial charge in [-0.2, -0.15) is 0 Å². The van der Waals surface area contributed by atoms with Gasteiger partial charge in [-0.05, 0) is 0 Å². The molecule has 5 heteroatoms. The predicted octanol–water partition coefficient (Wildman–Crippen LogP) is -1.48. The fourth-order valence-corrected chi connectivity index (χ4v) is 0.258. The monoisotopic (exact) mass is 126 g/mol. The molecule has 0 aromatic carbocycles. The maximum absolute atomic E-state index is 9.59. The normalized spacial score (nSPS) is 14.7. The van der Waals surface area contributed by atoms with E-state index in [1.165, 1.54) is 0 Å². The summed E-state index contributed by atoms with van der Waals surface area (Å²) in [6, 6.07) is 0. The van der Waals surface area contributed by atoms with Crippen LogP contribution in [0.1, 0.15) is 0 Å². The van der Waals surface area contributed by atoms with Crippen LogP contribution in [-0.4, -0.2) is 26.3 Å². The number of thiol groups is 1. The molecule has 1 unspecified atom stereocenters. The smallest absolute Gasteiger partial charge is 0.257 e. The minimum atomic E-state index is -2.83. The first-order chi connectivity index (χ1) is 3.18. The zero-order valence-electron chi connectivity index (χ0n) is 3.70. The molecule has 0 rings (SSSR count). The lowest BCUT2D eigenvalue weighted by Crippen LogP contribution is -2.09. The second kappa shape index (κ2) is 2.95. The Hall–Kier alpha value is -0.130. The first kappa shape index (κ1) is 6.87. The Morgan fingerprint density at radius 1 is 1.71 bits per heavy atom. The van der Waals surface area contributed by atoms with Gasteiger partial charge in [-0.1, -0.05) is 0 Å². The lowest BCUT2D eigenvalue weighted by atomic mass is 11.4. The first-order valence-electron chi connectivity index (χ1n) is 1.53. The fraction of sp³-hybridized carbons (Fsp3) is 1.00. The second-order valence-electron chi connectivity index (χ2n) is 0.847. The molecular formula is C2H6O4S. The molecule has 0 fully saturated rings. The van der Waals surface area contributed by atoms with Gasteiger partial charge in [0.1, 0.15) is 0 Å². The minimum Gasteiger partial charge on any atom is -0.356 e. The quantitative estimate of drug-likeness (QED) is 0.350. The van der Waals surface area contributed by atoms with E-state index in [-0.39, 0.29) is 0 Å². The van der Waals surface area contributed by atoms with Crippen molar-refractivity contribution in [1.82, 2.24) is 0 Å². The Morgan fingerprint density at radius 2 is 2.14 bits per heavy atom. The molecule has 0 bridgehead atoms. The molecule has 0 aliphatic carbocycles. The van der Waals surface area contributed by atoms with E-state index in [2.05, 4.69) is 4.74 Å². The van der Waals surface area contributed by atoms with Crippen LogP contribution in [0.15, 0.2) is 0 Å². The Morgan fingerprint density at radius 3 is 2.14 bits per heavy atom. The third kappa shape index (κ3) is 2.55. The van der Waals surface area contributed by atoms with Crippen molar-refractivity contribution in [1.29, 1.82) is 0 Å². The molecule has 4 nitrogen and oxygen atoms in total. The summed E-state index contributed by atoms with van der Waals surface area (Å²) in [5.74, 6) is 0. The summed E-state index contributed by atoms with van der Waals surface area (Å²) in [6.07, 6.45) is 0. The van der Waals surface area contributed by atoms with Gasteiger partial charge in [-0.25, -0.2) is 8.42 Å². The Balaban J connectivity index is 3.57. The summed E-state index contributed by atoms with van der Waals surface area (Å²) in [4.78, 5) is 0. The van der Waals surface area contributed by atoms with Gasteiger partial charge in [0.05, 0.1) is 0 Å². The van der Waals surface area contributed by atoms with Crippen LogP contribution >= 0.6 is 0 Å². The van der Waals surface area contributed by atoms with Gasteiger partial charge in [0.2, 0.25) is 0 Å². The van der Waals surface area contributed by atoms with Crippen molar-refractivity contribution >= 4 is 10.7 Å². The second-order valence-corrected chi connectivity index (χ2v) is 1.86. The van der Waals surface area contributed by atoms with Crippen molar-refractivity contribution in [3.05, 3.63) is 0 Å². The summed E-state index contributed by atoms with van der Waals surface area (Å²) in [5, 5.41) is 8.12. The van der Waals surface area contributed by atoms with Gasteiger partial charge < -0.3 is 9.84 Å². The van der Waals surface area contributed by atoms with Crippen LogP contribution in [0.5, 0.6) is 0 Å². The molecule has 1 N–H and O–H groups in total. The molecule has 0 amide bonds. The minimum absolute atomic E-state index is 1.11. The van der Waals surface area contributed by atoms with Gasteiger partial charge in [0.15, 0.2) is 10.7 Å². The standard InChI is InChI=1S/C2H6O4S/c1-6-2(3)7(4)5/h2-3,7H,1H3. The maximum atomic E-state index is 9.59. The number of hydrogen-bond donors (Lipinski definition) is 2. The molecule has 0 heterocycles. The summed E-state index contributed by atoms with van der Waals surface area (Å²) in [7, 11) is -1.72. The van der Waals surface area contributed by atoms with Crippen molar-refractivity contribution in [3.63, 3.8) is 0 Å². The first-order valence-corrected chi connectivity index (χ1v) is 2.77. The molecule has 0 aliphatic heterocycles. The molecule has 1 atom stereocenters. The van der Waals surface area contributed by atoms with Crippen LogP contribution in [-0.2, 0) is 15.4 Å². The summed E-state index contributed by atoms with van der Waals surface area (Å²) in [5.41, 5.74) is -1.64. The molecule has 0 spiro atoms.